The zero-order valence-electron chi connectivity index (χ0n) is 10.8. The fourth-order valence-electron chi connectivity index (χ4n) is 1.67. The Morgan fingerprint density at radius 2 is 2.28 bits per heavy atom. The number of hydrogen-bond donors (Lipinski definition) is 1. The van der Waals surface area contributed by atoms with Gasteiger partial charge >= 0.3 is 0 Å². The fraction of sp³-hybridized carbons (Fsp3) is 0.385. The number of aryl methyl sites for hydroxylation is 1. The van der Waals surface area contributed by atoms with Gasteiger partial charge < -0.3 is 10.1 Å². The molecule has 2 rings (SSSR count). The molecule has 0 bridgehead atoms. The van der Waals surface area contributed by atoms with Crippen LogP contribution in [0.15, 0.2) is 30.5 Å². The highest BCUT2D eigenvalue weighted by Gasteiger charge is 2.02. The second-order valence-electron chi connectivity index (χ2n) is 4.16. The summed E-state index contributed by atoms with van der Waals surface area (Å²) in [7, 11) is 1.69. The van der Waals surface area contributed by atoms with E-state index in [0.717, 1.165) is 17.9 Å². The molecule has 1 N–H and O–H groups in total. The van der Waals surface area contributed by atoms with E-state index in [1.165, 1.54) is 5.56 Å². The zero-order chi connectivity index (χ0) is 12.8. The van der Waals surface area contributed by atoms with Gasteiger partial charge in [0.2, 0.25) is 0 Å². The lowest BCUT2D eigenvalue weighted by molar-refractivity contribution is 0.199. The lowest BCUT2D eigenvalue weighted by atomic mass is 10.2. The van der Waals surface area contributed by atoms with Crippen LogP contribution in [-0.4, -0.2) is 35.3 Å². The van der Waals surface area contributed by atoms with Gasteiger partial charge in [-0.3, -0.25) is 0 Å². The average molecular weight is 246 g/mol. The third-order valence-electron chi connectivity index (χ3n) is 2.60. The smallest absolute Gasteiger partial charge is 0.0969 e. The molecule has 0 unspecified atom stereocenters. The van der Waals surface area contributed by atoms with Crippen LogP contribution in [0.1, 0.15) is 11.3 Å². The molecule has 1 heterocycles. The van der Waals surface area contributed by atoms with Crippen LogP contribution in [0, 0.1) is 6.92 Å². The molecule has 0 saturated heterocycles. The second kappa shape index (κ2) is 6.28. The van der Waals surface area contributed by atoms with Gasteiger partial charge in [0.05, 0.1) is 24.2 Å². The van der Waals surface area contributed by atoms with E-state index in [1.807, 2.05) is 18.3 Å². The minimum absolute atomic E-state index is 0.700. The molecule has 0 amide bonds. The molecule has 0 aliphatic heterocycles. The minimum atomic E-state index is 0.700. The summed E-state index contributed by atoms with van der Waals surface area (Å²) in [5.74, 6) is 0. The van der Waals surface area contributed by atoms with Gasteiger partial charge in [0, 0.05) is 20.2 Å². The van der Waals surface area contributed by atoms with Crippen molar-refractivity contribution in [3.05, 3.63) is 41.7 Å². The van der Waals surface area contributed by atoms with Gasteiger partial charge in [0.1, 0.15) is 0 Å². The Hall–Kier alpha value is -1.72. The van der Waals surface area contributed by atoms with Gasteiger partial charge in [0.25, 0.3) is 0 Å². The van der Waals surface area contributed by atoms with Gasteiger partial charge in [-0.2, -0.15) is 0 Å². The van der Waals surface area contributed by atoms with Crippen molar-refractivity contribution < 1.29 is 4.74 Å². The van der Waals surface area contributed by atoms with E-state index in [1.54, 1.807) is 11.8 Å². The largest absolute Gasteiger partial charge is 0.383 e. The van der Waals surface area contributed by atoms with Gasteiger partial charge in [0.15, 0.2) is 0 Å². The highest BCUT2D eigenvalue weighted by Crippen LogP contribution is 2.08. The number of nitrogens with zero attached hydrogens (tertiary/aromatic N) is 3. The molecule has 1 aromatic heterocycles. The first kappa shape index (κ1) is 12.7. The number of ether oxygens (including phenoxy) is 1. The molecule has 0 atom stereocenters. The first-order chi connectivity index (χ1) is 8.79. The van der Waals surface area contributed by atoms with Crippen molar-refractivity contribution in [3.63, 3.8) is 0 Å². The first-order valence-electron chi connectivity index (χ1n) is 5.97. The second-order valence-corrected chi connectivity index (χ2v) is 4.16. The number of aromatic nitrogens is 3. The normalized spacial score (nSPS) is 10.8. The number of nitrogens with one attached hydrogen (secondary N) is 1. The van der Waals surface area contributed by atoms with Crippen molar-refractivity contribution >= 4 is 0 Å². The summed E-state index contributed by atoms with van der Waals surface area (Å²) in [5.41, 5.74) is 3.17. The molecule has 1 aromatic carbocycles. The Morgan fingerprint density at radius 1 is 1.39 bits per heavy atom. The highest BCUT2D eigenvalue weighted by molar-refractivity contribution is 5.34. The van der Waals surface area contributed by atoms with E-state index in [2.05, 4.69) is 34.7 Å². The summed E-state index contributed by atoms with van der Waals surface area (Å²) in [4.78, 5) is 0. The Balaban J connectivity index is 1.97. The van der Waals surface area contributed by atoms with E-state index in [0.29, 0.717) is 13.2 Å². The maximum Gasteiger partial charge on any atom is 0.0969 e. The van der Waals surface area contributed by atoms with Crippen molar-refractivity contribution in [2.45, 2.75) is 13.5 Å². The molecule has 2 aromatic rings. The van der Waals surface area contributed by atoms with E-state index < -0.39 is 0 Å². The van der Waals surface area contributed by atoms with Crippen molar-refractivity contribution in [3.8, 4) is 5.69 Å². The van der Waals surface area contributed by atoms with Crippen LogP contribution >= 0.6 is 0 Å². The summed E-state index contributed by atoms with van der Waals surface area (Å²) in [6.07, 6.45) is 1.94. The van der Waals surface area contributed by atoms with Crippen molar-refractivity contribution in [2.75, 3.05) is 20.3 Å². The predicted molar refractivity (Wildman–Crippen MR) is 69.7 cm³/mol. The van der Waals surface area contributed by atoms with Crippen LogP contribution in [0.3, 0.4) is 0 Å². The molecule has 0 fully saturated rings. The Bertz CT molecular complexity index is 495. The highest BCUT2D eigenvalue weighted by atomic mass is 16.5. The van der Waals surface area contributed by atoms with Crippen molar-refractivity contribution in [1.82, 2.24) is 20.3 Å². The van der Waals surface area contributed by atoms with E-state index in [-0.39, 0.29) is 0 Å². The summed E-state index contributed by atoms with van der Waals surface area (Å²) in [6.45, 7) is 4.28. The summed E-state index contributed by atoms with van der Waals surface area (Å²) in [5, 5.41) is 11.5. The summed E-state index contributed by atoms with van der Waals surface area (Å²) in [6, 6.07) is 8.18. The quantitative estimate of drug-likeness (QED) is 0.781. The molecule has 0 spiro atoms. The molecule has 5 nitrogen and oxygen atoms in total. The minimum Gasteiger partial charge on any atom is -0.383 e. The lowest BCUT2D eigenvalue weighted by Gasteiger charge is -2.01. The molecule has 0 aliphatic rings. The van der Waals surface area contributed by atoms with Gasteiger partial charge in [-0.1, -0.05) is 17.3 Å². The van der Waals surface area contributed by atoms with E-state index in [4.69, 9.17) is 4.74 Å². The molecule has 0 radical (unpaired) electrons. The van der Waals surface area contributed by atoms with Gasteiger partial charge in [-0.15, -0.1) is 5.10 Å². The van der Waals surface area contributed by atoms with Crippen molar-refractivity contribution in [1.29, 1.82) is 0 Å². The molecule has 18 heavy (non-hydrogen) atoms. The number of hydrogen-bond acceptors (Lipinski definition) is 4. The molecular weight excluding hydrogens is 228 g/mol. The molecule has 96 valence electrons. The summed E-state index contributed by atoms with van der Waals surface area (Å²) < 4.78 is 6.76. The zero-order valence-corrected chi connectivity index (χ0v) is 10.8. The maximum absolute atomic E-state index is 4.96. The molecule has 0 aliphatic carbocycles. The SMILES string of the molecule is COCCNCc1cn(-c2cccc(C)c2)nn1. The number of benzene rings is 1. The Labute approximate surface area is 107 Å². The Morgan fingerprint density at radius 3 is 3.06 bits per heavy atom. The van der Waals surface area contributed by atoms with Crippen LogP contribution in [0.4, 0.5) is 0 Å². The van der Waals surface area contributed by atoms with Crippen LogP contribution in [-0.2, 0) is 11.3 Å². The molecule has 0 saturated carbocycles. The topological polar surface area (TPSA) is 52.0 Å². The predicted octanol–water partition coefficient (Wildman–Crippen LogP) is 1.31. The number of rotatable bonds is 6. The first-order valence-corrected chi connectivity index (χ1v) is 5.97. The Kier molecular flexibility index (Phi) is 4.44. The summed E-state index contributed by atoms with van der Waals surface area (Å²) >= 11 is 0. The molecule has 5 heteroatoms. The standard InChI is InChI=1S/C13H18N4O/c1-11-4-3-5-13(8-11)17-10-12(15-16-17)9-14-6-7-18-2/h3-5,8,10,14H,6-7,9H2,1-2H3. The van der Waals surface area contributed by atoms with Crippen LogP contribution in [0.25, 0.3) is 5.69 Å². The monoisotopic (exact) mass is 246 g/mol. The third kappa shape index (κ3) is 3.38. The third-order valence-corrected chi connectivity index (χ3v) is 2.60. The van der Waals surface area contributed by atoms with Gasteiger partial charge in [-0.05, 0) is 24.6 Å². The van der Waals surface area contributed by atoms with Crippen LogP contribution in [0.5, 0.6) is 0 Å². The van der Waals surface area contributed by atoms with Gasteiger partial charge in [-0.25, -0.2) is 4.68 Å². The average Bonchev–Trinajstić information content (AvgIpc) is 2.83. The van der Waals surface area contributed by atoms with E-state index >= 15 is 0 Å². The van der Waals surface area contributed by atoms with Crippen molar-refractivity contribution in [2.24, 2.45) is 0 Å². The maximum atomic E-state index is 4.96. The molecular formula is C13H18N4O. The lowest BCUT2D eigenvalue weighted by Crippen LogP contribution is -2.18. The van der Waals surface area contributed by atoms with Crippen LogP contribution < -0.4 is 5.32 Å². The van der Waals surface area contributed by atoms with E-state index in [9.17, 15) is 0 Å². The number of methoxy groups -OCH3 is 1. The fourth-order valence-corrected chi connectivity index (χ4v) is 1.67. The van der Waals surface area contributed by atoms with Crippen LogP contribution in [0.2, 0.25) is 0 Å².